The van der Waals surface area contributed by atoms with E-state index in [0.717, 1.165) is 16.0 Å². The van der Waals surface area contributed by atoms with E-state index in [0.29, 0.717) is 27.9 Å². The van der Waals surface area contributed by atoms with Crippen LogP contribution in [0.25, 0.3) is 10.2 Å². The summed E-state index contributed by atoms with van der Waals surface area (Å²) in [5.41, 5.74) is 2.08. The molecule has 2 aromatic carbocycles. The van der Waals surface area contributed by atoms with Crippen molar-refractivity contribution in [2.45, 2.75) is 20.8 Å². The molecule has 1 N–H and O–H groups in total. The van der Waals surface area contributed by atoms with E-state index < -0.39 is 0 Å². The van der Waals surface area contributed by atoms with Crippen LogP contribution in [0.15, 0.2) is 18.2 Å². The van der Waals surface area contributed by atoms with Crippen LogP contribution in [0.4, 0.5) is 5.13 Å². The standard InChI is InChI=1S/C19H17Cl3N2O3S/c1-4-26-11-5-6-12-13(7-11)28-19(23-12)24-14(25)8-27-18-16(21)9(2)15(20)10(3)17(18)22/h5-7H,4,8H2,1-3H3,(H,23,24,25). The Morgan fingerprint density at radius 3 is 2.43 bits per heavy atom. The van der Waals surface area contributed by atoms with E-state index >= 15 is 0 Å². The highest BCUT2D eigenvalue weighted by Gasteiger charge is 2.19. The number of nitrogens with zero attached hydrogens (tertiary/aromatic N) is 1. The molecule has 5 nitrogen and oxygen atoms in total. The predicted octanol–water partition coefficient (Wildman–Crippen LogP) is 6.29. The number of ether oxygens (including phenoxy) is 2. The monoisotopic (exact) mass is 458 g/mol. The van der Waals surface area contributed by atoms with Crippen LogP contribution in [0.3, 0.4) is 0 Å². The molecule has 0 fully saturated rings. The van der Waals surface area contributed by atoms with Gasteiger partial charge in [-0.15, -0.1) is 0 Å². The first kappa shape index (κ1) is 21.0. The summed E-state index contributed by atoms with van der Waals surface area (Å²) in [5, 5.41) is 4.25. The van der Waals surface area contributed by atoms with Crippen molar-refractivity contribution in [2.24, 2.45) is 0 Å². The van der Waals surface area contributed by atoms with E-state index in [2.05, 4.69) is 10.3 Å². The van der Waals surface area contributed by atoms with Crippen molar-refractivity contribution >= 4 is 67.4 Å². The highest BCUT2D eigenvalue weighted by atomic mass is 35.5. The van der Waals surface area contributed by atoms with Crippen LogP contribution in [-0.2, 0) is 4.79 Å². The third kappa shape index (κ3) is 4.30. The highest BCUT2D eigenvalue weighted by Crippen LogP contribution is 2.42. The van der Waals surface area contributed by atoms with E-state index in [9.17, 15) is 4.79 Å². The number of anilines is 1. The Labute approximate surface area is 181 Å². The number of halogens is 3. The number of hydrogen-bond acceptors (Lipinski definition) is 5. The van der Waals surface area contributed by atoms with Crippen LogP contribution in [0.2, 0.25) is 15.1 Å². The molecular formula is C19H17Cl3N2O3S. The highest BCUT2D eigenvalue weighted by molar-refractivity contribution is 7.22. The van der Waals surface area contributed by atoms with Crippen LogP contribution in [-0.4, -0.2) is 24.1 Å². The van der Waals surface area contributed by atoms with Crippen molar-refractivity contribution in [2.75, 3.05) is 18.5 Å². The molecule has 148 valence electrons. The summed E-state index contributed by atoms with van der Waals surface area (Å²) in [6.45, 7) is 5.77. The van der Waals surface area contributed by atoms with E-state index in [4.69, 9.17) is 44.3 Å². The molecule has 1 aromatic heterocycles. The zero-order valence-corrected chi connectivity index (χ0v) is 18.4. The molecule has 3 rings (SSSR count). The molecule has 0 aliphatic carbocycles. The third-order valence-electron chi connectivity index (χ3n) is 3.98. The Bertz CT molecular complexity index is 1020. The number of carbonyl (C=O) groups is 1. The van der Waals surface area contributed by atoms with Crippen molar-refractivity contribution in [1.82, 2.24) is 4.98 Å². The minimum atomic E-state index is -0.374. The summed E-state index contributed by atoms with van der Waals surface area (Å²) >= 11 is 20.1. The Hall–Kier alpha value is -1.73. The van der Waals surface area contributed by atoms with Gasteiger partial charge in [0.15, 0.2) is 17.5 Å². The van der Waals surface area contributed by atoms with Crippen LogP contribution >= 0.6 is 46.1 Å². The Morgan fingerprint density at radius 1 is 1.11 bits per heavy atom. The van der Waals surface area contributed by atoms with Crippen molar-refractivity contribution < 1.29 is 14.3 Å². The lowest BCUT2D eigenvalue weighted by atomic mass is 10.1. The molecule has 0 saturated heterocycles. The van der Waals surface area contributed by atoms with Gasteiger partial charge in [0.05, 0.1) is 26.9 Å². The van der Waals surface area contributed by atoms with Crippen LogP contribution < -0.4 is 14.8 Å². The second kappa shape index (κ2) is 8.74. The number of hydrogen-bond donors (Lipinski definition) is 1. The Morgan fingerprint density at radius 2 is 1.79 bits per heavy atom. The van der Waals surface area contributed by atoms with Crippen molar-refractivity contribution in [3.8, 4) is 11.5 Å². The summed E-state index contributed by atoms with van der Waals surface area (Å²) < 4.78 is 12.0. The topological polar surface area (TPSA) is 60.5 Å². The van der Waals surface area contributed by atoms with Gasteiger partial charge < -0.3 is 9.47 Å². The van der Waals surface area contributed by atoms with Gasteiger partial charge in [-0.1, -0.05) is 46.1 Å². The van der Waals surface area contributed by atoms with Gasteiger partial charge in [-0.25, -0.2) is 4.98 Å². The number of fused-ring (bicyclic) bond motifs is 1. The largest absolute Gasteiger partial charge is 0.494 e. The first-order chi connectivity index (χ1) is 13.3. The van der Waals surface area contributed by atoms with Gasteiger partial charge in [0.1, 0.15) is 5.75 Å². The second-order valence-corrected chi connectivity index (χ2v) is 8.10. The van der Waals surface area contributed by atoms with E-state index in [-0.39, 0.29) is 28.3 Å². The fraction of sp³-hybridized carbons (Fsp3) is 0.263. The van der Waals surface area contributed by atoms with Crippen molar-refractivity contribution in [1.29, 1.82) is 0 Å². The molecule has 0 unspecified atom stereocenters. The molecule has 3 aromatic rings. The molecule has 0 saturated carbocycles. The zero-order valence-electron chi connectivity index (χ0n) is 15.4. The molecule has 1 heterocycles. The van der Waals surface area contributed by atoms with E-state index in [1.54, 1.807) is 13.8 Å². The first-order valence-corrected chi connectivity index (χ1v) is 10.4. The Balaban J connectivity index is 1.71. The number of thiazole rings is 1. The summed E-state index contributed by atoms with van der Waals surface area (Å²) in [4.78, 5) is 16.7. The van der Waals surface area contributed by atoms with Gasteiger partial charge in [0.25, 0.3) is 5.91 Å². The summed E-state index contributed by atoms with van der Waals surface area (Å²) in [6.07, 6.45) is 0. The number of benzene rings is 2. The van der Waals surface area contributed by atoms with Gasteiger partial charge in [0.2, 0.25) is 0 Å². The summed E-state index contributed by atoms with van der Waals surface area (Å²) in [6, 6.07) is 5.58. The fourth-order valence-corrected chi connectivity index (χ4v) is 4.28. The molecule has 0 aliphatic rings. The van der Waals surface area contributed by atoms with Gasteiger partial charge in [-0.05, 0) is 50.1 Å². The molecule has 0 radical (unpaired) electrons. The van der Waals surface area contributed by atoms with Crippen LogP contribution in [0.1, 0.15) is 18.1 Å². The smallest absolute Gasteiger partial charge is 0.264 e. The minimum Gasteiger partial charge on any atom is -0.494 e. The number of nitrogens with one attached hydrogen (secondary N) is 1. The lowest BCUT2D eigenvalue weighted by Crippen LogP contribution is -2.20. The number of amides is 1. The third-order valence-corrected chi connectivity index (χ3v) is 6.39. The molecular weight excluding hydrogens is 443 g/mol. The predicted molar refractivity (Wildman–Crippen MR) is 116 cm³/mol. The number of rotatable bonds is 6. The summed E-state index contributed by atoms with van der Waals surface area (Å²) in [5.74, 6) is 0.627. The number of carbonyl (C=O) groups excluding carboxylic acids is 1. The molecule has 0 atom stereocenters. The molecule has 28 heavy (non-hydrogen) atoms. The summed E-state index contributed by atoms with van der Waals surface area (Å²) in [7, 11) is 0. The van der Waals surface area contributed by atoms with E-state index in [1.807, 2.05) is 25.1 Å². The molecule has 1 amide bonds. The van der Waals surface area contributed by atoms with Crippen molar-refractivity contribution in [3.05, 3.63) is 44.4 Å². The molecule has 0 bridgehead atoms. The van der Waals surface area contributed by atoms with Crippen LogP contribution in [0.5, 0.6) is 11.5 Å². The zero-order chi connectivity index (χ0) is 20.4. The van der Waals surface area contributed by atoms with Gasteiger partial charge in [-0.3, -0.25) is 10.1 Å². The molecule has 0 aliphatic heterocycles. The fourth-order valence-electron chi connectivity index (χ4n) is 2.55. The quantitative estimate of drug-likeness (QED) is 0.470. The molecule has 9 heteroatoms. The maximum Gasteiger partial charge on any atom is 0.264 e. The van der Waals surface area contributed by atoms with Gasteiger partial charge >= 0.3 is 0 Å². The van der Waals surface area contributed by atoms with Gasteiger partial charge in [-0.2, -0.15) is 0 Å². The lowest BCUT2D eigenvalue weighted by molar-refractivity contribution is -0.118. The number of aromatic nitrogens is 1. The SMILES string of the molecule is CCOc1ccc2nc(NC(=O)COc3c(Cl)c(C)c(Cl)c(C)c3Cl)sc2c1. The molecule has 0 spiro atoms. The van der Waals surface area contributed by atoms with Crippen LogP contribution in [0, 0.1) is 13.8 Å². The first-order valence-electron chi connectivity index (χ1n) is 8.41. The maximum absolute atomic E-state index is 12.3. The average molecular weight is 460 g/mol. The minimum absolute atomic E-state index is 0.239. The Kier molecular flexibility index (Phi) is 6.55. The second-order valence-electron chi connectivity index (χ2n) is 5.94. The average Bonchev–Trinajstić information content (AvgIpc) is 3.06. The normalized spacial score (nSPS) is 10.9. The van der Waals surface area contributed by atoms with E-state index in [1.165, 1.54) is 11.3 Å². The van der Waals surface area contributed by atoms with Crippen molar-refractivity contribution in [3.63, 3.8) is 0 Å². The van der Waals surface area contributed by atoms with Gasteiger partial charge in [0, 0.05) is 5.02 Å². The lowest BCUT2D eigenvalue weighted by Gasteiger charge is -2.15. The maximum atomic E-state index is 12.3.